The van der Waals surface area contributed by atoms with Crippen LogP contribution in [0.3, 0.4) is 0 Å². The molecule has 0 unspecified atom stereocenters. The molecule has 0 amide bonds. The van der Waals surface area contributed by atoms with Gasteiger partial charge in [0, 0.05) is 6.54 Å². The molecule has 0 aliphatic carbocycles. The Labute approximate surface area is 120 Å². The average Bonchev–Trinajstić information content (AvgIpc) is 2.79. The van der Waals surface area contributed by atoms with Gasteiger partial charge >= 0.3 is 0 Å². The molecule has 2 rings (SSSR count). The molecular formula is C13H16FN3S2. The van der Waals surface area contributed by atoms with Crippen LogP contribution in [0.15, 0.2) is 27.4 Å². The Bertz CT molecular complexity index is 542. The van der Waals surface area contributed by atoms with Crippen molar-refractivity contribution < 1.29 is 4.39 Å². The van der Waals surface area contributed by atoms with Gasteiger partial charge in [0.1, 0.15) is 11.6 Å². The zero-order valence-electron chi connectivity index (χ0n) is 10.9. The fourth-order valence-electron chi connectivity index (χ4n) is 1.56. The minimum absolute atomic E-state index is 0.200. The van der Waals surface area contributed by atoms with Crippen molar-refractivity contribution in [2.24, 2.45) is 0 Å². The number of aryl methyl sites for hydroxylation is 1. The van der Waals surface area contributed by atoms with Crippen LogP contribution in [-0.2, 0) is 6.54 Å². The first kappa shape index (κ1) is 14.4. The summed E-state index contributed by atoms with van der Waals surface area (Å²) in [6.07, 6.45) is 1.08. The van der Waals surface area contributed by atoms with Crippen LogP contribution in [0.5, 0.6) is 0 Å². The minimum Gasteiger partial charge on any atom is -0.313 e. The van der Waals surface area contributed by atoms with Crippen LogP contribution in [0.2, 0.25) is 0 Å². The van der Waals surface area contributed by atoms with Crippen LogP contribution in [0, 0.1) is 12.7 Å². The zero-order valence-corrected chi connectivity index (χ0v) is 12.6. The average molecular weight is 297 g/mol. The SMILES string of the molecule is CCCNCc1ccc(Sc2nc(C)ns2)c(F)c1. The number of nitrogens with one attached hydrogen (secondary N) is 1. The molecule has 0 fully saturated rings. The van der Waals surface area contributed by atoms with Gasteiger partial charge in [0.25, 0.3) is 0 Å². The van der Waals surface area contributed by atoms with Gasteiger partial charge in [-0.15, -0.1) is 0 Å². The van der Waals surface area contributed by atoms with Gasteiger partial charge in [-0.25, -0.2) is 9.37 Å². The molecule has 1 heterocycles. The molecule has 0 aliphatic heterocycles. The van der Waals surface area contributed by atoms with Crippen molar-refractivity contribution in [1.29, 1.82) is 0 Å². The van der Waals surface area contributed by atoms with E-state index in [1.54, 1.807) is 12.1 Å². The summed E-state index contributed by atoms with van der Waals surface area (Å²) in [5.41, 5.74) is 0.962. The second-order valence-electron chi connectivity index (χ2n) is 4.15. The van der Waals surface area contributed by atoms with E-state index in [-0.39, 0.29) is 5.82 Å². The fourth-order valence-corrected chi connectivity index (χ4v) is 3.17. The Kier molecular flexibility index (Phi) is 5.30. The molecular weight excluding hydrogens is 281 g/mol. The van der Waals surface area contributed by atoms with Crippen molar-refractivity contribution in [1.82, 2.24) is 14.7 Å². The number of nitrogens with zero attached hydrogens (tertiary/aromatic N) is 2. The molecule has 0 aliphatic rings. The molecule has 0 saturated carbocycles. The Balaban J connectivity index is 2.02. The summed E-state index contributed by atoms with van der Waals surface area (Å²) in [5, 5.41) is 3.26. The third-order valence-corrected chi connectivity index (χ3v) is 4.35. The predicted molar refractivity (Wildman–Crippen MR) is 77.2 cm³/mol. The lowest BCUT2D eigenvalue weighted by molar-refractivity contribution is 0.595. The highest BCUT2D eigenvalue weighted by Gasteiger charge is 2.08. The van der Waals surface area contributed by atoms with E-state index in [1.165, 1.54) is 23.3 Å². The van der Waals surface area contributed by atoms with Crippen LogP contribution in [0.25, 0.3) is 0 Å². The normalized spacial score (nSPS) is 10.9. The molecule has 0 saturated heterocycles. The lowest BCUT2D eigenvalue weighted by atomic mass is 10.2. The Morgan fingerprint density at radius 2 is 2.26 bits per heavy atom. The van der Waals surface area contributed by atoms with Crippen LogP contribution in [0.4, 0.5) is 4.39 Å². The van der Waals surface area contributed by atoms with E-state index < -0.39 is 0 Å². The Morgan fingerprint density at radius 1 is 1.42 bits per heavy atom. The summed E-state index contributed by atoms with van der Waals surface area (Å²) >= 11 is 2.62. The van der Waals surface area contributed by atoms with E-state index in [9.17, 15) is 4.39 Å². The largest absolute Gasteiger partial charge is 0.313 e. The van der Waals surface area contributed by atoms with Crippen LogP contribution in [0.1, 0.15) is 24.7 Å². The number of hydrogen-bond donors (Lipinski definition) is 1. The molecule has 1 aromatic heterocycles. The number of aromatic nitrogens is 2. The molecule has 0 atom stereocenters. The maximum Gasteiger partial charge on any atom is 0.174 e. The van der Waals surface area contributed by atoms with E-state index >= 15 is 0 Å². The summed E-state index contributed by atoms with van der Waals surface area (Å²) in [7, 11) is 0. The van der Waals surface area contributed by atoms with Crippen molar-refractivity contribution in [2.45, 2.75) is 36.0 Å². The predicted octanol–water partition coefficient (Wildman–Crippen LogP) is 3.64. The third kappa shape index (κ3) is 4.26. The Morgan fingerprint density at radius 3 is 2.89 bits per heavy atom. The zero-order chi connectivity index (χ0) is 13.7. The number of rotatable bonds is 6. The molecule has 19 heavy (non-hydrogen) atoms. The van der Waals surface area contributed by atoms with Gasteiger partial charge in [-0.3, -0.25) is 0 Å². The highest BCUT2D eigenvalue weighted by molar-refractivity contribution is 8.01. The molecule has 0 spiro atoms. The van der Waals surface area contributed by atoms with E-state index in [4.69, 9.17) is 0 Å². The first-order chi connectivity index (χ1) is 9.19. The van der Waals surface area contributed by atoms with Gasteiger partial charge in [-0.05, 0) is 49.1 Å². The van der Waals surface area contributed by atoms with E-state index in [1.807, 2.05) is 13.0 Å². The highest BCUT2D eigenvalue weighted by Crippen LogP contribution is 2.31. The van der Waals surface area contributed by atoms with E-state index in [0.29, 0.717) is 11.4 Å². The van der Waals surface area contributed by atoms with Gasteiger partial charge in [0.05, 0.1) is 4.90 Å². The number of halogens is 1. The maximum atomic E-state index is 14.0. The molecule has 6 heteroatoms. The first-order valence-electron chi connectivity index (χ1n) is 6.16. The summed E-state index contributed by atoms with van der Waals surface area (Å²) in [6, 6.07) is 5.33. The summed E-state index contributed by atoms with van der Waals surface area (Å²) in [4.78, 5) is 4.81. The second-order valence-corrected chi connectivity index (χ2v) is 6.19. The highest BCUT2D eigenvalue weighted by atomic mass is 32.2. The van der Waals surface area contributed by atoms with Gasteiger partial charge in [-0.2, -0.15) is 4.37 Å². The molecule has 1 aromatic carbocycles. The van der Waals surface area contributed by atoms with Gasteiger partial charge < -0.3 is 5.32 Å². The maximum absolute atomic E-state index is 14.0. The molecule has 0 bridgehead atoms. The van der Waals surface area contributed by atoms with Crippen molar-refractivity contribution in [3.05, 3.63) is 35.4 Å². The van der Waals surface area contributed by atoms with Gasteiger partial charge in [0.2, 0.25) is 0 Å². The van der Waals surface area contributed by atoms with Crippen molar-refractivity contribution in [3.8, 4) is 0 Å². The summed E-state index contributed by atoms with van der Waals surface area (Å²) in [5.74, 6) is 0.530. The van der Waals surface area contributed by atoms with Gasteiger partial charge in [-0.1, -0.05) is 24.8 Å². The first-order valence-corrected chi connectivity index (χ1v) is 7.75. The molecule has 102 valence electrons. The van der Waals surface area contributed by atoms with Gasteiger partial charge in [0.15, 0.2) is 4.34 Å². The molecule has 2 aromatic rings. The minimum atomic E-state index is -0.200. The quantitative estimate of drug-likeness (QED) is 0.826. The second kappa shape index (κ2) is 6.98. The van der Waals surface area contributed by atoms with Crippen molar-refractivity contribution in [2.75, 3.05) is 6.54 Å². The number of hydrogen-bond acceptors (Lipinski definition) is 5. The molecule has 0 radical (unpaired) electrons. The molecule has 1 N–H and O–H groups in total. The van der Waals surface area contributed by atoms with Crippen molar-refractivity contribution >= 4 is 23.3 Å². The summed E-state index contributed by atoms with van der Waals surface area (Å²) in [6.45, 7) is 5.59. The van der Waals surface area contributed by atoms with E-state index in [0.717, 1.165) is 28.7 Å². The van der Waals surface area contributed by atoms with Crippen LogP contribution in [-0.4, -0.2) is 15.9 Å². The fraction of sp³-hybridized carbons (Fsp3) is 0.385. The standard InChI is InChI=1S/C13H16FN3S2/c1-3-6-15-8-10-4-5-12(11(14)7-10)18-13-16-9(2)17-19-13/h4-5,7,15H,3,6,8H2,1-2H3. The van der Waals surface area contributed by atoms with Crippen LogP contribution >= 0.6 is 23.3 Å². The Hall–Kier alpha value is -0.980. The lowest BCUT2D eigenvalue weighted by Gasteiger charge is -2.05. The topological polar surface area (TPSA) is 37.8 Å². The van der Waals surface area contributed by atoms with Crippen molar-refractivity contribution in [3.63, 3.8) is 0 Å². The lowest BCUT2D eigenvalue weighted by Crippen LogP contribution is -2.13. The van der Waals surface area contributed by atoms with E-state index in [2.05, 4.69) is 21.6 Å². The summed E-state index contributed by atoms with van der Waals surface area (Å²) < 4.78 is 18.8. The smallest absolute Gasteiger partial charge is 0.174 e. The monoisotopic (exact) mass is 297 g/mol. The number of benzene rings is 1. The molecule has 3 nitrogen and oxygen atoms in total. The van der Waals surface area contributed by atoms with Crippen LogP contribution < -0.4 is 5.32 Å². The third-order valence-electron chi connectivity index (χ3n) is 2.46.